The van der Waals surface area contributed by atoms with Crippen LogP contribution in [0.5, 0.6) is 0 Å². The van der Waals surface area contributed by atoms with Crippen LogP contribution < -0.4 is 5.32 Å². The number of hydrogen-bond donors (Lipinski definition) is 1. The molecule has 1 aromatic rings. The van der Waals surface area contributed by atoms with Gasteiger partial charge in [0.05, 0.1) is 22.5 Å². The number of benzene rings is 1. The summed E-state index contributed by atoms with van der Waals surface area (Å²) in [5.41, 5.74) is 1.36. The SMILES string of the molecule is Cc1ccc(NC(=O)COC(=O)CN2C(=O)[C@H]3CCCC[C@H]3C2=O)c(Cl)c1. The van der Waals surface area contributed by atoms with Gasteiger partial charge in [-0.15, -0.1) is 0 Å². The van der Waals surface area contributed by atoms with E-state index in [9.17, 15) is 19.2 Å². The molecule has 0 bridgehead atoms. The summed E-state index contributed by atoms with van der Waals surface area (Å²) in [6.45, 7) is 0.895. The Bertz CT molecular complexity index is 770. The fourth-order valence-electron chi connectivity index (χ4n) is 3.62. The Kier molecular flexibility index (Phi) is 5.79. The van der Waals surface area contributed by atoms with Gasteiger partial charge >= 0.3 is 5.97 Å². The fourth-order valence-corrected chi connectivity index (χ4v) is 3.90. The van der Waals surface area contributed by atoms with E-state index in [2.05, 4.69) is 5.32 Å². The van der Waals surface area contributed by atoms with Crippen molar-refractivity contribution in [2.45, 2.75) is 32.6 Å². The number of nitrogens with zero attached hydrogens (tertiary/aromatic N) is 1. The van der Waals surface area contributed by atoms with Crippen molar-refractivity contribution < 1.29 is 23.9 Å². The van der Waals surface area contributed by atoms with Gasteiger partial charge in [-0.1, -0.05) is 30.5 Å². The van der Waals surface area contributed by atoms with Crippen molar-refractivity contribution >= 4 is 41.0 Å². The fraction of sp³-hybridized carbons (Fsp3) is 0.474. The molecule has 0 spiro atoms. The minimum Gasteiger partial charge on any atom is -0.454 e. The topological polar surface area (TPSA) is 92.8 Å². The number of carbonyl (C=O) groups excluding carboxylic acids is 4. The van der Waals surface area contributed by atoms with Crippen molar-refractivity contribution in [2.24, 2.45) is 11.8 Å². The molecule has 1 aliphatic heterocycles. The largest absolute Gasteiger partial charge is 0.454 e. The molecule has 8 heteroatoms. The maximum atomic E-state index is 12.3. The third-order valence-electron chi connectivity index (χ3n) is 4.98. The van der Waals surface area contributed by atoms with E-state index in [1.54, 1.807) is 18.2 Å². The number of hydrogen-bond acceptors (Lipinski definition) is 5. The number of anilines is 1. The Morgan fingerprint density at radius 1 is 1.19 bits per heavy atom. The number of fused-ring (bicyclic) bond motifs is 1. The van der Waals surface area contributed by atoms with Gasteiger partial charge in [0.2, 0.25) is 11.8 Å². The monoisotopic (exact) mass is 392 g/mol. The minimum atomic E-state index is -0.791. The molecule has 1 aliphatic carbocycles. The molecule has 1 heterocycles. The summed E-state index contributed by atoms with van der Waals surface area (Å²) < 4.78 is 4.91. The highest BCUT2D eigenvalue weighted by atomic mass is 35.5. The Balaban J connectivity index is 1.50. The average Bonchev–Trinajstić information content (AvgIpc) is 2.88. The number of likely N-dealkylation sites (tertiary alicyclic amines) is 1. The van der Waals surface area contributed by atoms with Crippen LogP contribution in [-0.4, -0.2) is 41.7 Å². The summed E-state index contributed by atoms with van der Waals surface area (Å²) in [7, 11) is 0. The van der Waals surface area contributed by atoms with E-state index in [1.165, 1.54) is 0 Å². The van der Waals surface area contributed by atoms with Crippen molar-refractivity contribution in [3.8, 4) is 0 Å². The predicted octanol–water partition coefficient (Wildman–Crippen LogP) is 2.31. The normalized spacial score (nSPS) is 21.8. The van der Waals surface area contributed by atoms with E-state index in [0.717, 1.165) is 23.3 Å². The van der Waals surface area contributed by atoms with Crippen molar-refractivity contribution in [1.29, 1.82) is 0 Å². The number of halogens is 1. The molecule has 0 unspecified atom stereocenters. The molecule has 7 nitrogen and oxygen atoms in total. The van der Waals surface area contributed by atoms with Crippen LogP contribution in [0.15, 0.2) is 18.2 Å². The van der Waals surface area contributed by atoms with Gasteiger partial charge in [0.1, 0.15) is 6.54 Å². The van der Waals surface area contributed by atoms with Gasteiger partial charge in [0.25, 0.3) is 5.91 Å². The van der Waals surface area contributed by atoms with Crippen molar-refractivity contribution in [3.05, 3.63) is 28.8 Å². The molecule has 3 amide bonds. The number of esters is 1. The van der Waals surface area contributed by atoms with Crippen LogP contribution in [0.3, 0.4) is 0 Å². The molecule has 1 saturated heterocycles. The first-order valence-corrected chi connectivity index (χ1v) is 9.31. The lowest BCUT2D eigenvalue weighted by Crippen LogP contribution is -2.37. The molecule has 1 saturated carbocycles. The number of aryl methyl sites for hydroxylation is 1. The third kappa shape index (κ3) is 4.30. The molecule has 2 atom stereocenters. The van der Waals surface area contributed by atoms with Gasteiger partial charge in [-0.3, -0.25) is 24.1 Å². The van der Waals surface area contributed by atoms with Gasteiger partial charge in [0, 0.05) is 0 Å². The molecule has 1 aromatic carbocycles. The molecule has 27 heavy (non-hydrogen) atoms. The van der Waals surface area contributed by atoms with Crippen LogP contribution in [0.25, 0.3) is 0 Å². The quantitative estimate of drug-likeness (QED) is 0.613. The van der Waals surface area contributed by atoms with E-state index in [0.29, 0.717) is 23.6 Å². The lowest BCUT2D eigenvalue weighted by atomic mass is 9.81. The Morgan fingerprint density at radius 2 is 1.81 bits per heavy atom. The van der Waals surface area contributed by atoms with Crippen molar-refractivity contribution in [3.63, 3.8) is 0 Å². The lowest BCUT2D eigenvalue weighted by Gasteiger charge is -2.19. The summed E-state index contributed by atoms with van der Waals surface area (Å²) in [6, 6.07) is 5.14. The number of imide groups is 1. The summed E-state index contributed by atoms with van der Waals surface area (Å²) in [5, 5.41) is 2.93. The summed E-state index contributed by atoms with van der Waals surface area (Å²) in [6.07, 6.45) is 3.20. The third-order valence-corrected chi connectivity index (χ3v) is 5.30. The first-order chi connectivity index (χ1) is 12.9. The Labute approximate surface area is 162 Å². The lowest BCUT2D eigenvalue weighted by molar-refractivity contribution is -0.154. The second-order valence-corrected chi connectivity index (χ2v) is 7.36. The highest BCUT2D eigenvalue weighted by molar-refractivity contribution is 6.33. The van der Waals surface area contributed by atoms with Crippen LogP contribution in [-0.2, 0) is 23.9 Å². The summed E-state index contributed by atoms with van der Waals surface area (Å²) >= 11 is 6.04. The molecule has 1 N–H and O–H groups in total. The Morgan fingerprint density at radius 3 is 2.41 bits per heavy atom. The predicted molar refractivity (Wildman–Crippen MR) is 97.9 cm³/mol. The zero-order valence-corrected chi connectivity index (χ0v) is 15.8. The Hall–Kier alpha value is -2.41. The first-order valence-electron chi connectivity index (χ1n) is 8.93. The van der Waals surface area contributed by atoms with Crippen LogP contribution in [0.1, 0.15) is 31.2 Å². The number of nitrogens with one attached hydrogen (secondary N) is 1. The van der Waals surface area contributed by atoms with Crippen LogP contribution in [0, 0.1) is 18.8 Å². The van der Waals surface area contributed by atoms with E-state index >= 15 is 0 Å². The highest BCUT2D eigenvalue weighted by Crippen LogP contribution is 2.37. The minimum absolute atomic E-state index is 0.308. The number of ether oxygens (including phenoxy) is 1. The van der Waals surface area contributed by atoms with E-state index in [1.807, 2.05) is 6.92 Å². The smallest absolute Gasteiger partial charge is 0.326 e. The van der Waals surface area contributed by atoms with Crippen LogP contribution in [0.2, 0.25) is 5.02 Å². The maximum Gasteiger partial charge on any atom is 0.326 e. The molecular formula is C19H21ClN2O5. The van der Waals surface area contributed by atoms with Crippen LogP contribution >= 0.6 is 11.6 Å². The van der Waals surface area contributed by atoms with Crippen molar-refractivity contribution in [2.75, 3.05) is 18.5 Å². The molecular weight excluding hydrogens is 372 g/mol. The maximum absolute atomic E-state index is 12.3. The van der Waals surface area contributed by atoms with E-state index in [-0.39, 0.29) is 23.7 Å². The van der Waals surface area contributed by atoms with E-state index < -0.39 is 25.0 Å². The molecule has 0 radical (unpaired) electrons. The summed E-state index contributed by atoms with van der Waals surface area (Å²) in [4.78, 5) is 49.6. The molecule has 0 aromatic heterocycles. The van der Waals surface area contributed by atoms with Gasteiger partial charge in [-0.25, -0.2) is 0 Å². The first kappa shape index (κ1) is 19.4. The summed E-state index contributed by atoms with van der Waals surface area (Å²) in [5.74, 6) is -2.59. The van der Waals surface area contributed by atoms with E-state index in [4.69, 9.17) is 16.3 Å². The van der Waals surface area contributed by atoms with Gasteiger partial charge < -0.3 is 10.1 Å². The highest BCUT2D eigenvalue weighted by Gasteiger charge is 2.48. The van der Waals surface area contributed by atoms with Crippen molar-refractivity contribution in [1.82, 2.24) is 4.90 Å². The van der Waals surface area contributed by atoms with Crippen LogP contribution in [0.4, 0.5) is 5.69 Å². The zero-order valence-electron chi connectivity index (χ0n) is 15.0. The molecule has 3 rings (SSSR count). The number of carbonyl (C=O) groups is 4. The molecule has 144 valence electrons. The second-order valence-electron chi connectivity index (χ2n) is 6.95. The zero-order chi connectivity index (χ0) is 19.6. The number of rotatable bonds is 5. The number of amides is 3. The molecule has 2 aliphatic rings. The van der Waals surface area contributed by atoms with Gasteiger partial charge in [0.15, 0.2) is 6.61 Å². The average molecular weight is 393 g/mol. The standard InChI is InChI=1S/C19H21ClN2O5/c1-11-6-7-15(14(20)8-11)21-16(23)10-27-17(24)9-22-18(25)12-4-2-3-5-13(12)19(22)26/h6-8,12-13H,2-5,9-10H2,1H3,(H,21,23)/t12-,13+. The molecule has 2 fully saturated rings. The second kappa shape index (κ2) is 8.08. The van der Waals surface area contributed by atoms with Gasteiger partial charge in [-0.05, 0) is 37.5 Å². The van der Waals surface area contributed by atoms with Gasteiger partial charge in [-0.2, -0.15) is 0 Å².